The lowest BCUT2D eigenvalue weighted by Gasteiger charge is -2.29. The van der Waals surface area contributed by atoms with Crippen molar-refractivity contribution in [1.29, 1.82) is 0 Å². The maximum atomic E-state index is 6.01. The molecule has 0 spiro atoms. The molecule has 1 fully saturated rings. The van der Waals surface area contributed by atoms with Gasteiger partial charge in [-0.05, 0) is 65.1 Å². The molecule has 0 amide bonds. The van der Waals surface area contributed by atoms with Gasteiger partial charge in [0, 0.05) is 12.1 Å². The van der Waals surface area contributed by atoms with Gasteiger partial charge in [0.25, 0.3) is 0 Å². The van der Waals surface area contributed by atoms with E-state index in [4.69, 9.17) is 4.42 Å². The second-order valence-electron chi connectivity index (χ2n) is 7.42. The lowest BCUT2D eigenvalue weighted by Crippen LogP contribution is -2.35. The summed E-state index contributed by atoms with van der Waals surface area (Å²) in [7, 11) is 2.20. The van der Waals surface area contributed by atoms with E-state index in [2.05, 4.69) is 51.0 Å². The summed E-state index contributed by atoms with van der Waals surface area (Å²) in [5.41, 5.74) is 1.38. The summed E-state index contributed by atoms with van der Waals surface area (Å²) in [6.45, 7) is 11.6. The van der Waals surface area contributed by atoms with Gasteiger partial charge in [0.1, 0.15) is 11.5 Å². The molecule has 1 aromatic heterocycles. The highest BCUT2D eigenvalue weighted by molar-refractivity contribution is 5.20. The molecule has 0 bridgehead atoms. The third-order valence-electron chi connectivity index (χ3n) is 4.07. The van der Waals surface area contributed by atoms with Crippen LogP contribution in [-0.4, -0.2) is 24.0 Å². The standard InChI is InChI=1S/C17H30N2O/c1-13-9-15(12-19(5)11-14-7-6-8-14)20-16(13)10-18-17(2,3)4/h9,14,18H,6-8,10-12H2,1-5H3. The number of nitrogens with one attached hydrogen (secondary N) is 1. The van der Waals surface area contributed by atoms with Crippen LogP contribution in [0, 0.1) is 12.8 Å². The Kier molecular flexibility index (Phi) is 4.92. The van der Waals surface area contributed by atoms with Crippen molar-refractivity contribution in [3.8, 4) is 0 Å². The molecule has 3 nitrogen and oxygen atoms in total. The first-order valence-corrected chi connectivity index (χ1v) is 7.85. The van der Waals surface area contributed by atoms with Gasteiger partial charge < -0.3 is 9.73 Å². The van der Waals surface area contributed by atoms with Crippen LogP contribution in [0.2, 0.25) is 0 Å². The van der Waals surface area contributed by atoms with E-state index >= 15 is 0 Å². The molecule has 0 aliphatic heterocycles. The quantitative estimate of drug-likeness (QED) is 0.860. The fourth-order valence-corrected chi connectivity index (χ4v) is 2.64. The van der Waals surface area contributed by atoms with Crippen molar-refractivity contribution < 1.29 is 4.42 Å². The average molecular weight is 278 g/mol. The largest absolute Gasteiger partial charge is 0.463 e. The zero-order valence-corrected chi connectivity index (χ0v) is 13.8. The van der Waals surface area contributed by atoms with Gasteiger partial charge in [0.2, 0.25) is 0 Å². The van der Waals surface area contributed by atoms with Gasteiger partial charge in [-0.1, -0.05) is 6.42 Å². The molecule has 0 saturated heterocycles. The normalized spacial score (nSPS) is 16.7. The predicted molar refractivity (Wildman–Crippen MR) is 83.7 cm³/mol. The van der Waals surface area contributed by atoms with Crippen molar-refractivity contribution in [2.24, 2.45) is 5.92 Å². The minimum absolute atomic E-state index is 0.125. The summed E-state index contributed by atoms with van der Waals surface area (Å²) in [6.07, 6.45) is 4.23. The Labute approximate surface area is 123 Å². The Morgan fingerprint density at radius 3 is 2.60 bits per heavy atom. The highest BCUT2D eigenvalue weighted by Gasteiger charge is 2.20. The predicted octanol–water partition coefficient (Wildman–Crippen LogP) is 3.71. The number of aryl methyl sites for hydroxylation is 1. The molecule has 2 rings (SSSR count). The van der Waals surface area contributed by atoms with E-state index in [9.17, 15) is 0 Å². The molecule has 1 aliphatic carbocycles. The molecule has 1 aromatic rings. The van der Waals surface area contributed by atoms with Gasteiger partial charge in [-0.2, -0.15) is 0 Å². The van der Waals surface area contributed by atoms with E-state index in [0.717, 1.165) is 30.5 Å². The Bertz CT molecular complexity index is 427. The van der Waals surface area contributed by atoms with E-state index in [0.29, 0.717) is 0 Å². The highest BCUT2D eigenvalue weighted by atomic mass is 16.3. The van der Waals surface area contributed by atoms with E-state index in [1.807, 2.05) is 0 Å². The van der Waals surface area contributed by atoms with Gasteiger partial charge in [-0.25, -0.2) is 0 Å². The Hall–Kier alpha value is -0.800. The Morgan fingerprint density at radius 2 is 2.05 bits per heavy atom. The van der Waals surface area contributed by atoms with Crippen LogP contribution in [0.25, 0.3) is 0 Å². The van der Waals surface area contributed by atoms with Crippen molar-refractivity contribution >= 4 is 0 Å². The summed E-state index contributed by atoms with van der Waals surface area (Å²) in [5, 5.41) is 3.49. The summed E-state index contributed by atoms with van der Waals surface area (Å²) < 4.78 is 6.01. The zero-order chi connectivity index (χ0) is 14.8. The first-order chi connectivity index (χ1) is 9.33. The molecular formula is C17H30N2O. The average Bonchev–Trinajstić information content (AvgIpc) is 2.60. The smallest absolute Gasteiger partial charge is 0.120 e. The van der Waals surface area contributed by atoms with Crippen LogP contribution >= 0.6 is 0 Å². The maximum Gasteiger partial charge on any atom is 0.120 e. The fraction of sp³-hybridized carbons (Fsp3) is 0.765. The monoisotopic (exact) mass is 278 g/mol. The molecular weight excluding hydrogens is 248 g/mol. The number of hydrogen-bond donors (Lipinski definition) is 1. The molecule has 20 heavy (non-hydrogen) atoms. The molecule has 0 unspecified atom stereocenters. The second-order valence-corrected chi connectivity index (χ2v) is 7.42. The molecule has 1 N–H and O–H groups in total. The SMILES string of the molecule is Cc1cc(CN(C)CC2CCC2)oc1CNC(C)(C)C. The van der Waals surface area contributed by atoms with Crippen molar-refractivity contribution in [2.75, 3.05) is 13.6 Å². The lowest BCUT2D eigenvalue weighted by molar-refractivity contribution is 0.190. The minimum Gasteiger partial charge on any atom is -0.463 e. The number of rotatable bonds is 6. The van der Waals surface area contributed by atoms with Gasteiger partial charge in [0.15, 0.2) is 0 Å². The summed E-state index contributed by atoms with van der Waals surface area (Å²) in [5.74, 6) is 3.08. The van der Waals surface area contributed by atoms with Gasteiger partial charge in [-0.3, -0.25) is 4.90 Å². The van der Waals surface area contributed by atoms with Crippen molar-refractivity contribution in [1.82, 2.24) is 10.2 Å². The van der Waals surface area contributed by atoms with Crippen LogP contribution in [0.5, 0.6) is 0 Å². The molecule has 114 valence electrons. The minimum atomic E-state index is 0.125. The van der Waals surface area contributed by atoms with Crippen LogP contribution in [0.4, 0.5) is 0 Å². The van der Waals surface area contributed by atoms with Crippen molar-refractivity contribution in [3.63, 3.8) is 0 Å². The Morgan fingerprint density at radius 1 is 1.35 bits per heavy atom. The van der Waals surface area contributed by atoms with Gasteiger partial charge >= 0.3 is 0 Å². The first-order valence-electron chi connectivity index (χ1n) is 7.85. The second kappa shape index (κ2) is 6.31. The molecule has 3 heteroatoms. The van der Waals surface area contributed by atoms with Crippen LogP contribution in [0.3, 0.4) is 0 Å². The highest BCUT2D eigenvalue weighted by Crippen LogP contribution is 2.27. The van der Waals surface area contributed by atoms with Crippen LogP contribution < -0.4 is 5.32 Å². The third-order valence-corrected chi connectivity index (χ3v) is 4.07. The fourth-order valence-electron chi connectivity index (χ4n) is 2.64. The third kappa shape index (κ3) is 4.64. The molecule has 0 aromatic carbocycles. The first kappa shape index (κ1) is 15.6. The maximum absolute atomic E-state index is 6.01. The van der Waals surface area contributed by atoms with Gasteiger partial charge in [0.05, 0.1) is 13.1 Å². The van der Waals surface area contributed by atoms with Crippen LogP contribution in [-0.2, 0) is 13.1 Å². The number of hydrogen-bond acceptors (Lipinski definition) is 3. The van der Waals surface area contributed by atoms with Crippen LogP contribution in [0.15, 0.2) is 10.5 Å². The summed E-state index contributed by atoms with van der Waals surface area (Å²) in [4.78, 5) is 2.39. The molecule has 1 aliphatic rings. The van der Waals surface area contributed by atoms with E-state index in [1.165, 1.54) is 31.4 Å². The number of furan rings is 1. The zero-order valence-electron chi connectivity index (χ0n) is 13.8. The van der Waals surface area contributed by atoms with Gasteiger partial charge in [-0.15, -0.1) is 0 Å². The van der Waals surface area contributed by atoms with Crippen molar-refractivity contribution in [2.45, 2.75) is 65.6 Å². The lowest BCUT2D eigenvalue weighted by atomic mass is 9.85. The topological polar surface area (TPSA) is 28.4 Å². The Balaban J connectivity index is 1.85. The molecule has 0 radical (unpaired) electrons. The molecule has 1 heterocycles. The van der Waals surface area contributed by atoms with E-state index in [-0.39, 0.29) is 5.54 Å². The van der Waals surface area contributed by atoms with E-state index < -0.39 is 0 Å². The summed E-state index contributed by atoms with van der Waals surface area (Å²) in [6, 6.07) is 2.19. The molecule has 0 atom stereocenters. The molecule has 1 saturated carbocycles. The van der Waals surface area contributed by atoms with E-state index in [1.54, 1.807) is 0 Å². The number of nitrogens with zero attached hydrogens (tertiary/aromatic N) is 1. The van der Waals surface area contributed by atoms with Crippen LogP contribution in [0.1, 0.15) is 57.1 Å². The summed E-state index contributed by atoms with van der Waals surface area (Å²) >= 11 is 0. The van der Waals surface area contributed by atoms with Crippen molar-refractivity contribution in [3.05, 3.63) is 23.2 Å².